The van der Waals surface area contributed by atoms with Crippen LogP contribution < -0.4 is 20.3 Å². The van der Waals surface area contributed by atoms with Crippen LogP contribution in [-0.2, 0) is 6.54 Å². The van der Waals surface area contributed by atoms with Crippen LogP contribution >= 0.6 is 0 Å². The van der Waals surface area contributed by atoms with Crippen molar-refractivity contribution in [3.05, 3.63) is 58.5 Å². The third-order valence-electron chi connectivity index (χ3n) is 4.16. The summed E-state index contributed by atoms with van der Waals surface area (Å²) in [4.78, 5) is 25.4. The molecular weight excluding hydrogens is 384 g/mol. The molecule has 1 heterocycles. The van der Waals surface area contributed by atoms with Gasteiger partial charge in [0.1, 0.15) is 0 Å². The molecule has 0 radical (unpaired) electrons. The highest BCUT2D eigenvalue weighted by atomic mass is 19.3. The molecule has 0 bridgehead atoms. The van der Waals surface area contributed by atoms with Crippen LogP contribution in [0.2, 0.25) is 0 Å². The predicted octanol–water partition coefficient (Wildman–Crippen LogP) is 3.67. The molecule has 3 rings (SSSR count). The number of benzene rings is 2. The molecule has 1 aromatic heterocycles. The van der Waals surface area contributed by atoms with Crippen LogP contribution in [0.3, 0.4) is 0 Å². The zero-order valence-electron chi connectivity index (χ0n) is 15.8. The Hall–Kier alpha value is -3.49. The lowest BCUT2D eigenvalue weighted by atomic mass is 10.1. The average molecular weight is 403 g/mol. The molecule has 1 amide bonds. The third kappa shape index (κ3) is 4.34. The quantitative estimate of drug-likeness (QED) is 0.651. The van der Waals surface area contributed by atoms with E-state index in [2.05, 4.69) is 15.2 Å². The molecule has 3 aromatic rings. The fourth-order valence-corrected chi connectivity index (χ4v) is 2.90. The number of nitrogens with one attached hydrogen (secondary N) is 1. The van der Waals surface area contributed by atoms with Gasteiger partial charge in [0.25, 0.3) is 11.5 Å². The minimum absolute atomic E-state index is 0.0563. The Morgan fingerprint density at radius 3 is 2.55 bits per heavy atom. The van der Waals surface area contributed by atoms with Gasteiger partial charge in [-0.15, -0.1) is 0 Å². The summed E-state index contributed by atoms with van der Waals surface area (Å²) in [5, 5.41) is 7.59. The van der Waals surface area contributed by atoms with Crippen molar-refractivity contribution in [3.63, 3.8) is 0 Å². The van der Waals surface area contributed by atoms with Crippen molar-refractivity contribution >= 4 is 22.4 Å². The topological polar surface area (TPSA) is 82.5 Å². The van der Waals surface area contributed by atoms with Crippen LogP contribution in [0.15, 0.2) is 47.3 Å². The maximum absolute atomic E-state index is 12.9. The van der Waals surface area contributed by atoms with E-state index in [9.17, 15) is 18.4 Å². The number of aromatic nitrogens is 2. The number of halogens is 2. The van der Waals surface area contributed by atoms with E-state index in [-0.39, 0.29) is 28.4 Å². The number of methoxy groups -OCH3 is 1. The maximum atomic E-state index is 12.9. The summed E-state index contributed by atoms with van der Waals surface area (Å²) in [6.07, 6.45) is 0.666. The molecule has 9 heteroatoms. The number of rotatable bonds is 7. The molecule has 7 nitrogen and oxygen atoms in total. The van der Waals surface area contributed by atoms with Gasteiger partial charge < -0.3 is 14.8 Å². The van der Waals surface area contributed by atoms with Crippen molar-refractivity contribution in [1.82, 2.24) is 9.78 Å². The average Bonchev–Trinajstić information content (AvgIpc) is 2.70. The van der Waals surface area contributed by atoms with Crippen molar-refractivity contribution in [3.8, 4) is 11.5 Å². The van der Waals surface area contributed by atoms with Gasteiger partial charge in [0.15, 0.2) is 17.2 Å². The molecule has 0 aliphatic rings. The minimum Gasteiger partial charge on any atom is -0.493 e. The lowest BCUT2D eigenvalue weighted by Crippen LogP contribution is -2.27. The molecule has 0 spiro atoms. The normalized spacial score (nSPS) is 10.9. The van der Waals surface area contributed by atoms with Crippen molar-refractivity contribution in [2.75, 3.05) is 12.4 Å². The van der Waals surface area contributed by atoms with Crippen molar-refractivity contribution in [1.29, 1.82) is 0 Å². The van der Waals surface area contributed by atoms with Gasteiger partial charge in [-0.05, 0) is 24.6 Å². The van der Waals surface area contributed by atoms with Gasteiger partial charge in [-0.1, -0.05) is 25.1 Å². The van der Waals surface area contributed by atoms with E-state index >= 15 is 0 Å². The van der Waals surface area contributed by atoms with Crippen LogP contribution in [0, 0.1) is 0 Å². The second kappa shape index (κ2) is 8.68. The number of alkyl halides is 2. The fraction of sp³-hybridized carbons (Fsp3) is 0.250. The van der Waals surface area contributed by atoms with E-state index in [1.165, 1.54) is 30.0 Å². The number of hydrogen-bond donors (Lipinski definition) is 1. The number of aryl methyl sites for hydroxylation is 1. The van der Waals surface area contributed by atoms with Crippen LogP contribution in [0.1, 0.15) is 23.8 Å². The highest BCUT2D eigenvalue weighted by Gasteiger charge is 2.18. The van der Waals surface area contributed by atoms with E-state index in [0.29, 0.717) is 23.7 Å². The molecule has 0 atom stereocenters. The molecule has 0 aliphatic heterocycles. The van der Waals surface area contributed by atoms with Gasteiger partial charge in [-0.3, -0.25) is 9.59 Å². The largest absolute Gasteiger partial charge is 0.493 e. The van der Waals surface area contributed by atoms with E-state index in [4.69, 9.17) is 4.74 Å². The Morgan fingerprint density at radius 2 is 1.90 bits per heavy atom. The first-order valence-corrected chi connectivity index (χ1v) is 8.88. The van der Waals surface area contributed by atoms with Crippen molar-refractivity contribution < 1.29 is 23.0 Å². The van der Waals surface area contributed by atoms with E-state index in [1.54, 1.807) is 24.3 Å². The van der Waals surface area contributed by atoms with Crippen molar-refractivity contribution in [2.45, 2.75) is 26.5 Å². The summed E-state index contributed by atoms with van der Waals surface area (Å²) >= 11 is 0. The molecule has 152 valence electrons. The Bertz CT molecular complexity index is 1100. The molecule has 0 saturated heterocycles. The second-order valence-corrected chi connectivity index (χ2v) is 6.12. The highest BCUT2D eigenvalue weighted by Crippen LogP contribution is 2.31. The smallest absolute Gasteiger partial charge is 0.387 e. The first kappa shape index (κ1) is 20.2. The molecule has 2 aromatic carbocycles. The summed E-state index contributed by atoms with van der Waals surface area (Å²) in [5.41, 5.74) is -0.0116. The molecule has 0 saturated carbocycles. The number of carbonyl (C=O) groups is 1. The number of fused-ring (bicyclic) bond motifs is 1. The monoisotopic (exact) mass is 403 g/mol. The first-order chi connectivity index (χ1) is 13.9. The number of ether oxygens (including phenoxy) is 2. The minimum atomic E-state index is -3.04. The van der Waals surface area contributed by atoms with Gasteiger partial charge >= 0.3 is 6.61 Å². The van der Waals surface area contributed by atoms with Gasteiger partial charge in [0, 0.05) is 23.7 Å². The number of nitrogens with zero attached hydrogens (tertiary/aromatic N) is 2. The first-order valence-electron chi connectivity index (χ1n) is 8.88. The molecule has 29 heavy (non-hydrogen) atoms. The lowest BCUT2D eigenvalue weighted by Gasteiger charge is -2.13. The maximum Gasteiger partial charge on any atom is 0.387 e. The van der Waals surface area contributed by atoms with Crippen LogP contribution in [0.5, 0.6) is 11.5 Å². The summed E-state index contributed by atoms with van der Waals surface area (Å²) in [5.74, 6) is -0.698. The lowest BCUT2D eigenvalue weighted by molar-refractivity contribution is -0.0511. The van der Waals surface area contributed by atoms with Crippen LogP contribution in [0.25, 0.3) is 10.8 Å². The summed E-state index contributed by atoms with van der Waals surface area (Å²) in [7, 11) is 1.32. The van der Waals surface area contributed by atoms with Crippen LogP contribution in [-0.4, -0.2) is 29.4 Å². The Kier molecular flexibility index (Phi) is 6.06. The molecule has 1 N–H and O–H groups in total. The Morgan fingerprint density at radius 1 is 1.17 bits per heavy atom. The summed E-state index contributed by atoms with van der Waals surface area (Å²) in [6.45, 7) is -0.790. The van der Waals surface area contributed by atoms with Gasteiger partial charge in [-0.25, -0.2) is 4.68 Å². The van der Waals surface area contributed by atoms with E-state index in [0.717, 1.165) is 0 Å². The van der Waals surface area contributed by atoms with E-state index < -0.39 is 12.5 Å². The van der Waals surface area contributed by atoms with Crippen molar-refractivity contribution in [2.24, 2.45) is 0 Å². The Balaban J connectivity index is 2.00. The predicted molar refractivity (Wildman–Crippen MR) is 104 cm³/mol. The summed E-state index contributed by atoms with van der Waals surface area (Å²) in [6, 6.07) is 10.8. The zero-order valence-corrected chi connectivity index (χ0v) is 15.8. The third-order valence-corrected chi connectivity index (χ3v) is 4.16. The molecular formula is C20H19F2N3O4. The van der Waals surface area contributed by atoms with E-state index in [1.807, 2.05) is 6.92 Å². The summed E-state index contributed by atoms with van der Waals surface area (Å²) < 4.78 is 35.9. The number of amides is 1. The standard InChI is InChI=1S/C20H19F2N3O4/c1-3-10-25-19(27)14-7-5-4-6-13(14)17(24-25)18(26)23-12-8-9-15(28-2)16(11-12)29-20(21)22/h4-9,11,20H,3,10H2,1-2H3,(H,23,26). The molecule has 0 fully saturated rings. The van der Waals surface area contributed by atoms with Gasteiger partial charge in [0.05, 0.1) is 12.5 Å². The Labute approximate surface area is 164 Å². The van der Waals surface area contributed by atoms with Gasteiger partial charge in [0.2, 0.25) is 0 Å². The zero-order chi connectivity index (χ0) is 21.0. The van der Waals surface area contributed by atoms with Gasteiger partial charge in [-0.2, -0.15) is 13.9 Å². The molecule has 0 unspecified atom stereocenters. The SMILES string of the molecule is CCCn1nc(C(=O)Nc2ccc(OC)c(OC(F)F)c2)c2ccccc2c1=O. The number of anilines is 1. The fourth-order valence-electron chi connectivity index (χ4n) is 2.90. The number of hydrogen-bond acceptors (Lipinski definition) is 5. The molecule has 0 aliphatic carbocycles. The highest BCUT2D eigenvalue weighted by molar-refractivity contribution is 6.11. The second-order valence-electron chi connectivity index (χ2n) is 6.12. The number of carbonyl (C=O) groups excluding carboxylic acids is 1. The van der Waals surface area contributed by atoms with Crippen LogP contribution in [0.4, 0.5) is 14.5 Å².